The molecule has 0 spiro atoms. The Balaban J connectivity index is 1.57. The summed E-state index contributed by atoms with van der Waals surface area (Å²) in [4.78, 5) is 38.3. The summed E-state index contributed by atoms with van der Waals surface area (Å²) in [6.07, 6.45) is 0. The van der Waals surface area contributed by atoms with E-state index in [4.69, 9.17) is 0 Å². The maximum atomic E-state index is 13.4. The van der Waals surface area contributed by atoms with Gasteiger partial charge in [-0.15, -0.1) is 0 Å². The van der Waals surface area contributed by atoms with Crippen molar-refractivity contribution < 1.29 is 14.4 Å². The van der Waals surface area contributed by atoms with Gasteiger partial charge in [-0.1, -0.05) is 109 Å². The van der Waals surface area contributed by atoms with Crippen molar-refractivity contribution >= 4 is 50.0 Å². The van der Waals surface area contributed by atoms with Crippen molar-refractivity contribution in [2.45, 2.75) is 12.7 Å². The van der Waals surface area contributed by atoms with Gasteiger partial charge in [0.2, 0.25) is 0 Å². The molecule has 1 aliphatic rings. The fourth-order valence-corrected chi connectivity index (χ4v) is 5.72. The summed E-state index contributed by atoms with van der Waals surface area (Å²) in [5.74, 6) is 6.84. The minimum atomic E-state index is -0.179. The van der Waals surface area contributed by atoms with Gasteiger partial charge in [0, 0.05) is 46.1 Å². The minimum absolute atomic E-state index is 0.0756. The van der Waals surface area contributed by atoms with E-state index in [0.29, 0.717) is 33.6 Å². The molecule has 0 bridgehead atoms. The molecule has 0 atom stereocenters. The molecule has 1 aliphatic carbocycles. The lowest BCUT2D eigenvalue weighted by atomic mass is 9.82. The standard InChI is InChI=1S/C33H20O3S/c1-20(34)37-19-30-24-12-4-2-10-22(24)26(23-11-3-5-13-25(23)30)18-17-21-9-8-16-29-31(21)33(36)28-15-7-6-14-27(28)32(29)35/h2-16H,19H2,1H3. The van der Waals surface area contributed by atoms with Gasteiger partial charge in [0.25, 0.3) is 0 Å². The molecule has 37 heavy (non-hydrogen) atoms. The summed E-state index contributed by atoms with van der Waals surface area (Å²) >= 11 is 1.30. The summed E-state index contributed by atoms with van der Waals surface area (Å²) in [7, 11) is 0. The molecular weight excluding hydrogens is 476 g/mol. The van der Waals surface area contributed by atoms with Crippen molar-refractivity contribution in [1.29, 1.82) is 0 Å². The van der Waals surface area contributed by atoms with Gasteiger partial charge in [-0.25, -0.2) is 0 Å². The van der Waals surface area contributed by atoms with Gasteiger partial charge in [0.1, 0.15) is 0 Å². The van der Waals surface area contributed by atoms with E-state index in [2.05, 4.69) is 24.0 Å². The van der Waals surface area contributed by atoms with Crippen molar-refractivity contribution in [3.63, 3.8) is 0 Å². The second-order valence-electron chi connectivity index (χ2n) is 8.91. The van der Waals surface area contributed by atoms with Crippen LogP contribution in [0.5, 0.6) is 0 Å². The molecule has 0 radical (unpaired) electrons. The molecule has 0 amide bonds. The van der Waals surface area contributed by atoms with E-state index in [-0.39, 0.29) is 16.7 Å². The molecule has 0 heterocycles. The molecule has 6 rings (SSSR count). The molecule has 0 unspecified atom stereocenters. The highest BCUT2D eigenvalue weighted by Crippen LogP contribution is 2.35. The molecule has 0 aromatic heterocycles. The molecule has 176 valence electrons. The molecular formula is C33H20O3S. The Morgan fingerprint density at radius 2 is 1.19 bits per heavy atom. The largest absolute Gasteiger partial charge is 0.289 e. The van der Waals surface area contributed by atoms with Crippen LogP contribution in [-0.4, -0.2) is 16.7 Å². The quantitative estimate of drug-likeness (QED) is 0.192. The van der Waals surface area contributed by atoms with E-state index in [9.17, 15) is 14.4 Å². The SMILES string of the molecule is CC(=O)SCc1c2ccccc2c(C#Cc2cccc3c2C(=O)c2ccccc2C3=O)c2ccccc12. The van der Waals surface area contributed by atoms with E-state index >= 15 is 0 Å². The molecule has 0 fully saturated rings. The number of rotatable bonds is 2. The van der Waals surface area contributed by atoms with Crippen LogP contribution in [0.25, 0.3) is 21.5 Å². The number of thioether (sulfide) groups is 1. The summed E-state index contributed by atoms with van der Waals surface area (Å²) in [5.41, 5.74) is 4.10. The summed E-state index contributed by atoms with van der Waals surface area (Å²) in [6, 6.07) is 28.4. The van der Waals surface area contributed by atoms with Gasteiger partial charge in [-0.3, -0.25) is 14.4 Å². The maximum absolute atomic E-state index is 13.4. The molecule has 3 nitrogen and oxygen atoms in total. The first kappa shape index (κ1) is 23.0. The third-order valence-corrected chi connectivity index (χ3v) is 7.58. The van der Waals surface area contributed by atoms with Crippen LogP contribution in [0.15, 0.2) is 91.0 Å². The molecule has 5 aromatic carbocycles. The van der Waals surface area contributed by atoms with E-state index in [1.54, 1.807) is 49.4 Å². The maximum Gasteiger partial charge on any atom is 0.195 e. The fourth-order valence-electron chi connectivity index (χ4n) is 5.06. The first-order chi connectivity index (χ1) is 18.0. The zero-order chi connectivity index (χ0) is 25.5. The Bertz CT molecular complexity index is 1800. The average molecular weight is 497 g/mol. The lowest BCUT2D eigenvalue weighted by molar-refractivity contribution is -0.109. The van der Waals surface area contributed by atoms with Crippen LogP contribution in [0.4, 0.5) is 0 Å². The zero-order valence-corrected chi connectivity index (χ0v) is 20.8. The summed E-state index contributed by atoms with van der Waals surface area (Å²) < 4.78 is 0. The number of hydrogen-bond donors (Lipinski definition) is 0. The number of carbonyl (C=O) groups is 3. The zero-order valence-electron chi connectivity index (χ0n) is 20.0. The average Bonchev–Trinajstić information content (AvgIpc) is 2.93. The normalized spacial score (nSPS) is 12.1. The Morgan fingerprint density at radius 1 is 0.649 bits per heavy atom. The Morgan fingerprint density at radius 3 is 1.81 bits per heavy atom. The highest BCUT2D eigenvalue weighted by Gasteiger charge is 2.30. The third-order valence-electron chi connectivity index (χ3n) is 6.74. The number of carbonyl (C=O) groups excluding carboxylic acids is 3. The molecule has 0 N–H and O–H groups in total. The van der Waals surface area contributed by atoms with Crippen molar-refractivity contribution in [3.05, 3.63) is 130 Å². The molecule has 0 aliphatic heterocycles. The highest BCUT2D eigenvalue weighted by molar-refractivity contribution is 8.12. The smallest absolute Gasteiger partial charge is 0.195 e. The van der Waals surface area contributed by atoms with Crippen LogP contribution in [0.2, 0.25) is 0 Å². The van der Waals surface area contributed by atoms with Crippen LogP contribution in [-0.2, 0) is 10.5 Å². The molecule has 0 saturated heterocycles. The van der Waals surface area contributed by atoms with Gasteiger partial charge >= 0.3 is 0 Å². The van der Waals surface area contributed by atoms with Crippen molar-refractivity contribution in [1.82, 2.24) is 0 Å². The molecule has 0 saturated carbocycles. The van der Waals surface area contributed by atoms with Crippen LogP contribution < -0.4 is 0 Å². The lowest BCUT2D eigenvalue weighted by Gasteiger charge is -2.18. The minimum Gasteiger partial charge on any atom is -0.289 e. The van der Waals surface area contributed by atoms with Crippen LogP contribution in [0.3, 0.4) is 0 Å². The third kappa shape index (κ3) is 3.85. The number of fused-ring (bicyclic) bond motifs is 4. The summed E-state index contributed by atoms with van der Waals surface area (Å²) in [5, 5.41) is 4.16. The summed E-state index contributed by atoms with van der Waals surface area (Å²) in [6.45, 7) is 1.58. The monoisotopic (exact) mass is 496 g/mol. The first-order valence-corrected chi connectivity index (χ1v) is 12.9. The second kappa shape index (κ2) is 9.20. The second-order valence-corrected chi connectivity index (χ2v) is 10.1. The fraction of sp³-hybridized carbons (Fsp3) is 0.0606. The van der Waals surface area contributed by atoms with Crippen LogP contribution in [0, 0.1) is 11.8 Å². The van der Waals surface area contributed by atoms with Crippen molar-refractivity contribution in [2.24, 2.45) is 0 Å². The van der Waals surface area contributed by atoms with Gasteiger partial charge in [0.05, 0.1) is 0 Å². The highest BCUT2D eigenvalue weighted by atomic mass is 32.2. The predicted octanol–water partition coefficient (Wildman–Crippen LogP) is 6.95. The van der Waals surface area contributed by atoms with E-state index in [1.807, 2.05) is 36.4 Å². The van der Waals surface area contributed by atoms with E-state index < -0.39 is 0 Å². The van der Waals surface area contributed by atoms with E-state index in [1.165, 1.54) is 11.8 Å². The Labute approximate surface area is 218 Å². The predicted molar refractivity (Wildman–Crippen MR) is 149 cm³/mol. The number of benzene rings is 5. The lowest BCUT2D eigenvalue weighted by Crippen LogP contribution is -2.21. The van der Waals surface area contributed by atoms with Gasteiger partial charge in [-0.05, 0) is 33.2 Å². The van der Waals surface area contributed by atoms with Gasteiger partial charge in [0.15, 0.2) is 16.7 Å². The Hall–Kier alpha value is -4.46. The van der Waals surface area contributed by atoms with E-state index in [0.717, 1.165) is 32.7 Å². The van der Waals surface area contributed by atoms with Gasteiger partial charge in [-0.2, -0.15) is 0 Å². The van der Waals surface area contributed by atoms with Crippen molar-refractivity contribution in [3.8, 4) is 11.8 Å². The number of ketones is 2. The molecule has 4 heteroatoms. The number of hydrogen-bond acceptors (Lipinski definition) is 4. The first-order valence-electron chi connectivity index (χ1n) is 11.9. The van der Waals surface area contributed by atoms with Crippen LogP contribution in [0.1, 0.15) is 55.5 Å². The Kier molecular flexibility index (Phi) is 5.71. The topological polar surface area (TPSA) is 51.2 Å². The van der Waals surface area contributed by atoms with Crippen LogP contribution >= 0.6 is 11.8 Å². The van der Waals surface area contributed by atoms with Crippen molar-refractivity contribution in [2.75, 3.05) is 0 Å². The molecule has 5 aromatic rings. The van der Waals surface area contributed by atoms with Gasteiger partial charge < -0.3 is 0 Å².